The smallest absolute Gasteiger partial charge is 0.357 e. The molecule has 96 valence electrons. The minimum Gasteiger partial charge on any atom is -0.476 e. The van der Waals surface area contributed by atoms with Crippen LogP contribution in [0.3, 0.4) is 0 Å². The summed E-state index contributed by atoms with van der Waals surface area (Å²) in [4.78, 5) is 26.6. The fourth-order valence-corrected chi connectivity index (χ4v) is 1.76. The summed E-state index contributed by atoms with van der Waals surface area (Å²) in [7, 11) is 0. The number of carbonyl (C=O) groups excluding carboxylic acids is 1. The van der Waals surface area contributed by atoms with Gasteiger partial charge in [-0.15, -0.1) is 5.92 Å². The molecule has 0 aliphatic rings. The molecule has 1 N–H and O–H groups in total. The first kappa shape index (κ1) is 14.3. The van der Waals surface area contributed by atoms with Gasteiger partial charge in [0.05, 0.1) is 13.2 Å². The Morgan fingerprint density at radius 2 is 2.22 bits per heavy atom. The van der Waals surface area contributed by atoms with Gasteiger partial charge >= 0.3 is 11.9 Å². The van der Waals surface area contributed by atoms with Crippen molar-refractivity contribution in [1.82, 2.24) is 9.55 Å². The topological polar surface area (TPSA) is 81.4 Å². The van der Waals surface area contributed by atoms with Crippen molar-refractivity contribution in [2.75, 3.05) is 6.61 Å². The van der Waals surface area contributed by atoms with Crippen LogP contribution in [0.5, 0.6) is 0 Å². The SMILES string of the molecule is CC#CCn1c(Br)nc(C(=O)O)c1C(=O)OCC. The number of hydrogen-bond acceptors (Lipinski definition) is 4. The predicted octanol–water partition coefficient (Wildman–Crippen LogP) is 1.54. The summed E-state index contributed by atoms with van der Waals surface area (Å²) in [6, 6.07) is 0. The first-order chi connectivity index (χ1) is 8.52. The molecule has 0 amide bonds. The highest BCUT2D eigenvalue weighted by atomic mass is 79.9. The van der Waals surface area contributed by atoms with Crippen LogP contribution < -0.4 is 0 Å². The number of aromatic nitrogens is 2. The molecule has 0 radical (unpaired) electrons. The molecule has 0 unspecified atom stereocenters. The van der Waals surface area contributed by atoms with Crippen LogP contribution in [0, 0.1) is 11.8 Å². The van der Waals surface area contributed by atoms with E-state index in [-0.39, 0.29) is 29.3 Å². The highest BCUT2D eigenvalue weighted by Crippen LogP contribution is 2.18. The maximum atomic E-state index is 11.8. The Bertz CT molecular complexity index is 539. The van der Waals surface area contributed by atoms with Crippen LogP contribution in [0.2, 0.25) is 0 Å². The van der Waals surface area contributed by atoms with Crippen LogP contribution in [0.15, 0.2) is 4.73 Å². The van der Waals surface area contributed by atoms with Crippen LogP contribution >= 0.6 is 15.9 Å². The van der Waals surface area contributed by atoms with Gasteiger partial charge in [-0.1, -0.05) is 5.92 Å². The number of halogens is 1. The molecule has 0 fully saturated rings. The molecule has 0 spiro atoms. The van der Waals surface area contributed by atoms with Crippen molar-refractivity contribution in [2.24, 2.45) is 0 Å². The van der Waals surface area contributed by atoms with E-state index < -0.39 is 11.9 Å². The Morgan fingerprint density at radius 1 is 1.56 bits per heavy atom. The highest BCUT2D eigenvalue weighted by Gasteiger charge is 2.27. The van der Waals surface area contributed by atoms with E-state index in [1.54, 1.807) is 13.8 Å². The van der Waals surface area contributed by atoms with Gasteiger partial charge in [0.2, 0.25) is 0 Å². The van der Waals surface area contributed by atoms with Gasteiger partial charge in [-0.25, -0.2) is 14.6 Å². The zero-order valence-corrected chi connectivity index (χ0v) is 11.4. The Kier molecular flexibility index (Phi) is 4.92. The summed E-state index contributed by atoms with van der Waals surface area (Å²) in [6.07, 6.45) is 0. The second-order valence-electron chi connectivity index (χ2n) is 3.12. The molecule has 1 rings (SSSR count). The molecule has 0 aliphatic carbocycles. The Hall–Kier alpha value is -1.81. The van der Waals surface area contributed by atoms with E-state index in [0.29, 0.717) is 0 Å². The quantitative estimate of drug-likeness (QED) is 0.673. The van der Waals surface area contributed by atoms with E-state index in [4.69, 9.17) is 9.84 Å². The second kappa shape index (κ2) is 6.21. The number of ether oxygens (including phenoxy) is 1. The lowest BCUT2D eigenvalue weighted by atomic mass is 10.3. The number of hydrogen-bond donors (Lipinski definition) is 1. The maximum Gasteiger partial charge on any atom is 0.357 e. The molecule has 0 aliphatic heterocycles. The van der Waals surface area contributed by atoms with Crippen molar-refractivity contribution >= 4 is 27.9 Å². The monoisotopic (exact) mass is 314 g/mol. The fourth-order valence-electron chi connectivity index (χ4n) is 1.28. The summed E-state index contributed by atoms with van der Waals surface area (Å²) >= 11 is 3.10. The number of esters is 1. The molecule has 0 aromatic carbocycles. The predicted molar refractivity (Wildman–Crippen MR) is 66.3 cm³/mol. The molecule has 1 heterocycles. The Morgan fingerprint density at radius 3 is 2.72 bits per heavy atom. The standard InChI is InChI=1S/C11H11BrN2O4/c1-3-5-6-14-8(10(17)18-4-2)7(9(15)16)13-11(14)12/h4,6H2,1-2H3,(H,15,16). The average Bonchev–Trinajstić information content (AvgIpc) is 2.64. The molecule has 0 saturated heterocycles. The lowest BCUT2D eigenvalue weighted by molar-refractivity contribution is 0.0502. The van der Waals surface area contributed by atoms with Crippen molar-refractivity contribution in [3.8, 4) is 11.8 Å². The van der Waals surface area contributed by atoms with Crippen molar-refractivity contribution < 1.29 is 19.4 Å². The summed E-state index contributed by atoms with van der Waals surface area (Å²) < 4.78 is 6.41. The third-order valence-corrected chi connectivity index (χ3v) is 2.61. The average molecular weight is 315 g/mol. The van der Waals surface area contributed by atoms with Gasteiger partial charge in [-0.2, -0.15) is 0 Å². The largest absolute Gasteiger partial charge is 0.476 e. The van der Waals surface area contributed by atoms with Crippen LogP contribution in [-0.2, 0) is 11.3 Å². The first-order valence-electron chi connectivity index (χ1n) is 5.08. The van der Waals surface area contributed by atoms with E-state index in [2.05, 4.69) is 32.8 Å². The molecule has 1 aromatic rings. The Labute approximate surface area is 112 Å². The summed E-state index contributed by atoms with van der Waals surface area (Å²) in [5.41, 5.74) is -0.461. The van der Waals surface area contributed by atoms with Gasteiger partial charge < -0.3 is 14.4 Å². The lowest BCUT2D eigenvalue weighted by Gasteiger charge is -2.05. The van der Waals surface area contributed by atoms with E-state index >= 15 is 0 Å². The molecular weight excluding hydrogens is 304 g/mol. The molecule has 0 atom stereocenters. The molecule has 6 nitrogen and oxygen atoms in total. The van der Waals surface area contributed by atoms with Crippen molar-refractivity contribution in [2.45, 2.75) is 20.4 Å². The number of rotatable bonds is 4. The Balaban J connectivity index is 3.33. The van der Waals surface area contributed by atoms with Crippen LogP contribution in [0.4, 0.5) is 0 Å². The minimum absolute atomic E-state index is 0.112. The van der Waals surface area contributed by atoms with E-state index in [9.17, 15) is 9.59 Å². The summed E-state index contributed by atoms with van der Waals surface area (Å²) in [5.74, 6) is 3.38. The van der Waals surface area contributed by atoms with E-state index in [1.165, 1.54) is 4.57 Å². The number of carboxylic acids is 1. The minimum atomic E-state index is -1.29. The number of carboxylic acid groups (broad SMARTS) is 1. The molecule has 7 heteroatoms. The lowest BCUT2D eigenvalue weighted by Crippen LogP contribution is -2.16. The van der Waals surface area contributed by atoms with Crippen LogP contribution in [0.1, 0.15) is 34.8 Å². The zero-order chi connectivity index (χ0) is 13.7. The summed E-state index contributed by atoms with van der Waals surface area (Å²) in [6.45, 7) is 3.60. The molecular formula is C11H11BrN2O4. The first-order valence-corrected chi connectivity index (χ1v) is 5.88. The van der Waals surface area contributed by atoms with Crippen molar-refractivity contribution in [3.05, 3.63) is 16.1 Å². The molecule has 18 heavy (non-hydrogen) atoms. The van der Waals surface area contributed by atoms with Gasteiger partial charge in [-0.3, -0.25) is 0 Å². The molecule has 0 bridgehead atoms. The number of carbonyl (C=O) groups is 2. The summed E-state index contributed by atoms with van der Waals surface area (Å²) in [5, 5.41) is 9.01. The van der Waals surface area contributed by atoms with E-state index in [1.807, 2.05) is 0 Å². The zero-order valence-electron chi connectivity index (χ0n) is 9.86. The van der Waals surface area contributed by atoms with Gasteiger partial charge in [0.1, 0.15) is 0 Å². The van der Waals surface area contributed by atoms with Gasteiger partial charge in [0, 0.05) is 0 Å². The maximum absolute atomic E-state index is 11.8. The van der Waals surface area contributed by atoms with Crippen molar-refractivity contribution in [3.63, 3.8) is 0 Å². The van der Waals surface area contributed by atoms with Gasteiger partial charge in [0.25, 0.3) is 0 Å². The molecule has 1 aromatic heterocycles. The van der Waals surface area contributed by atoms with Crippen LogP contribution in [0.25, 0.3) is 0 Å². The third-order valence-electron chi connectivity index (χ3n) is 2.01. The second-order valence-corrected chi connectivity index (χ2v) is 3.83. The van der Waals surface area contributed by atoms with Crippen LogP contribution in [-0.4, -0.2) is 33.2 Å². The number of aromatic carboxylic acids is 1. The van der Waals surface area contributed by atoms with E-state index in [0.717, 1.165) is 0 Å². The number of nitrogens with zero attached hydrogens (tertiary/aromatic N) is 2. The molecule has 0 saturated carbocycles. The highest BCUT2D eigenvalue weighted by molar-refractivity contribution is 9.10. The third kappa shape index (κ3) is 2.90. The van der Waals surface area contributed by atoms with Gasteiger partial charge in [-0.05, 0) is 29.8 Å². The van der Waals surface area contributed by atoms with Gasteiger partial charge in [0.15, 0.2) is 16.1 Å². The normalized spacial score (nSPS) is 9.50. The fraction of sp³-hybridized carbons (Fsp3) is 0.364. The van der Waals surface area contributed by atoms with Crippen molar-refractivity contribution in [1.29, 1.82) is 0 Å². The number of imidazole rings is 1.